The van der Waals surface area contributed by atoms with Crippen molar-refractivity contribution < 1.29 is 9.21 Å². The van der Waals surface area contributed by atoms with Gasteiger partial charge in [0, 0.05) is 11.3 Å². The van der Waals surface area contributed by atoms with E-state index in [0.717, 1.165) is 16.8 Å². The number of nitrogens with zero attached hydrogens (tertiary/aromatic N) is 1. The molecule has 2 aromatic rings. The van der Waals surface area contributed by atoms with Crippen molar-refractivity contribution in [1.29, 1.82) is 0 Å². The number of aryl methyl sites for hydroxylation is 1. The molecule has 0 atom stereocenters. The number of rotatable bonds is 3. The van der Waals surface area contributed by atoms with Crippen molar-refractivity contribution in [3.8, 4) is 11.3 Å². The SMILES string of the molecule is Cc1cc(NC(=O)CCl)ccc1-c1cnco1. The van der Waals surface area contributed by atoms with Crippen LogP contribution in [-0.4, -0.2) is 16.8 Å². The van der Waals surface area contributed by atoms with Gasteiger partial charge in [0.15, 0.2) is 12.2 Å². The summed E-state index contributed by atoms with van der Waals surface area (Å²) in [5.74, 6) is 0.430. The van der Waals surface area contributed by atoms with Crippen LogP contribution in [-0.2, 0) is 4.79 Å². The number of benzene rings is 1. The fourth-order valence-electron chi connectivity index (χ4n) is 1.56. The number of hydrogen-bond acceptors (Lipinski definition) is 3. The Labute approximate surface area is 104 Å². The van der Waals surface area contributed by atoms with Crippen LogP contribution in [0.1, 0.15) is 5.56 Å². The molecule has 0 saturated heterocycles. The first-order valence-electron chi connectivity index (χ1n) is 5.06. The average Bonchev–Trinajstić information content (AvgIpc) is 2.82. The van der Waals surface area contributed by atoms with Crippen molar-refractivity contribution in [3.63, 3.8) is 0 Å². The molecule has 17 heavy (non-hydrogen) atoms. The molecule has 1 amide bonds. The van der Waals surface area contributed by atoms with E-state index in [1.54, 1.807) is 12.3 Å². The molecular formula is C12H11ClN2O2. The zero-order valence-electron chi connectivity index (χ0n) is 9.24. The van der Waals surface area contributed by atoms with Gasteiger partial charge in [-0.2, -0.15) is 0 Å². The highest BCUT2D eigenvalue weighted by Gasteiger charge is 2.07. The average molecular weight is 251 g/mol. The second kappa shape index (κ2) is 5.01. The number of halogens is 1. The molecule has 1 aromatic carbocycles. The summed E-state index contributed by atoms with van der Waals surface area (Å²) in [6.45, 7) is 1.94. The predicted molar refractivity (Wildman–Crippen MR) is 66.0 cm³/mol. The number of amides is 1. The van der Waals surface area contributed by atoms with E-state index in [0.29, 0.717) is 5.76 Å². The first-order chi connectivity index (χ1) is 8.20. The van der Waals surface area contributed by atoms with E-state index < -0.39 is 0 Å². The van der Waals surface area contributed by atoms with Gasteiger partial charge in [0.25, 0.3) is 0 Å². The lowest BCUT2D eigenvalue weighted by Crippen LogP contribution is -2.12. The van der Waals surface area contributed by atoms with Crippen LogP contribution in [0.4, 0.5) is 5.69 Å². The molecule has 0 aliphatic carbocycles. The van der Waals surface area contributed by atoms with Crippen LogP contribution in [0.3, 0.4) is 0 Å². The zero-order chi connectivity index (χ0) is 12.3. The van der Waals surface area contributed by atoms with Crippen LogP contribution in [0, 0.1) is 6.92 Å². The summed E-state index contributed by atoms with van der Waals surface area (Å²) < 4.78 is 5.22. The van der Waals surface area contributed by atoms with Crippen LogP contribution in [0.25, 0.3) is 11.3 Å². The molecule has 0 aliphatic heterocycles. The highest BCUT2D eigenvalue weighted by atomic mass is 35.5. The summed E-state index contributed by atoms with van der Waals surface area (Å²) in [5, 5.41) is 2.69. The number of aromatic nitrogens is 1. The Morgan fingerprint density at radius 2 is 2.35 bits per heavy atom. The Hall–Kier alpha value is -1.81. The Bertz CT molecular complexity index is 523. The highest BCUT2D eigenvalue weighted by molar-refractivity contribution is 6.29. The summed E-state index contributed by atoms with van der Waals surface area (Å²) in [6, 6.07) is 5.54. The predicted octanol–water partition coefficient (Wildman–Crippen LogP) is 2.83. The van der Waals surface area contributed by atoms with Gasteiger partial charge in [-0.15, -0.1) is 11.6 Å². The van der Waals surface area contributed by atoms with Crippen LogP contribution < -0.4 is 5.32 Å². The van der Waals surface area contributed by atoms with Gasteiger partial charge in [-0.25, -0.2) is 4.98 Å². The maximum Gasteiger partial charge on any atom is 0.239 e. The quantitative estimate of drug-likeness (QED) is 0.853. The third-order valence-electron chi connectivity index (χ3n) is 2.33. The van der Waals surface area contributed by atoms with Crippen molar-refractivity contribution >= 4 is 23.2 Å². The minimum absolute atomic E-state index is 0.0527. The molecule has 1 N–H and O–H groups in total. The van der Waals surface area contributed by atoms with Crippen molar-refractivity contribution in [2.45, 2.75) is 6.92 Å². The zero-order valence-corrected chi connectivity index (χ0v) is 9.99. The van der Waals surface area contributed by atoms with Crippen molar-refractivity contribution in [2.75, 3.05) is 11.2 Å². The summed E-state index contributed by atoms with van der Waals surface area (Å²) >= 11 is 5.42. The molecule has 88 valence electrons. The lowest BCUT2D eigenvalue weighted by Gasteiger charge is -2.07. The second-order valence-electron chi connectivity index (χ2n) is 3.58. The van der Waals surface area contributed by atoms with E-state index in [1.807, 2.05) is 19.1 Å². The molecule has 0 bridgehead atoms. The van der Waals surface area contributed by atoms with Gasteiger partial charge in [0.05, 0.1) is 6.20 Å². The number of nitrogens with one attached hydrogen (secondary N) is 1. The van der Waals surface area contributed by atoms with Gasteiger partial charge >= 0.3 is 0 Å². The highest BCUT2D eigenvalue weighted by Crippen LogP contribution is 2.25. The topological polar surface area (TPSA) is 55.1 Å². The normalized spacial score (nSPS) is 10.2. The number of carbonyl (C=O) groups is 1. The van der Waals surface area contributed by atoms with Crippen LogP contribution in [0.15, 0.2) is 35.2 Å². The van der Waals surface area contributed by atoms with E-state index in [4.69, 9.17) is 16.0 Å². The van der Waals surface area contributed by atoms with E-state index >= 15 is 0 Å². The maximum absolute atomic E-state index is 11.1. The molecule has 1 aromatic heterocycles. The third-order valence-corrected chi connectivity index (χ3v) is 2.57. The van der Waals surface area contributed by atoms with Crippen molar-refractivity contribution in [3.05, 3.63) is 36.4 Å². The second-order valence-corrected chi connectivity index (χ2v) is 3.84. The first kappa shape index (κ1) is 11.7. The molecule has 4 nitrogen and oxygen atoms in total. The lowest BCUT2D eigenvalue weighted by molar-refractivity contribution is -0.113. The summed E-state index contributed by atoms with van der Waals surface area (Å²) in [4.78, 5) is 15.0. The smallest absolute Gasteiger partial charge is 0.239 e. The van der Waals surface area contributed by atoms with Gasteiger partial charge in [-0.05, 0) is 30.7 Å². The number of oxazole rings is 1. The van der Waals surface area contributed by atoms with Crippen LogP contribution in [0.2, 0.25) is 0 Å². The third kappa shape index (κ3) is 2.65. The summed E-state index contributed by atoms with van der Waals surface area (Å²) in [7, 11) is 0. The maximum atomic E-state index is 11.1. The van der Waals surface area contributed by atoms with E-state index in [2.05, 4.69) is 10.3 Å². The number of alkyl halides is 1. The largest absolute Gasteiger partial charge is 0.444 e. The molecule has 0 aliphatic rings. The molecular weight excluding hydrogens is 240 g/mol. The van der Waals surface area contributed by atoms with E-state index in [-0.39, 0.29) is 11.8 Å². The van der Waals surface area contributed by atoms with E-state index in [9.17, 15) is 4.79 Å². The molecule has 0 spiro atoms. The fourth-order valence-corrected chi connectivity index (χ4v) is 1.63. The summed E-state index contributed by atoms with van der Waals surface area (Å²) in [6.07, 6.45) is 3.04. The first-order valence-corrected chi connectivity index (χ1v) is 5.59. The monoisotopic (exact) mass is 250 g/mol. The minimum Gasteiger partial charge on any atom is -0.444 e. The van der Waals surface area contributed by atoms with Crippen LogP contribution >= 0.6 is 11.6 Å². The van der Waals surface area contributed by atoms with Gasteiger partial charge in [-0.3, -0.25) is 4.79 Å². The molecule has 2 rings (SSSR count). The van der Waals surface area contributed by atoms with Gasteiger partial charge in [0.1, 0.15) is 5.88 Å². The van der Waals surface area contributed by atoms with Gasteiger partial charge < -0.3 is 9.73 Å². The molecule has 0 unspecified atom stereocenters. The Morgan fingerprint density at radius 1 is 1.53 bits per heavy atom. The molecule has 5 heteroatoms. The summed E-state index contributed by atoms with van der Waals surface area (Å²) in [5.41, 5.74) is 2.66. The molecule has 0 fully saturated rings. The molecule has 0 radical (unpaired) electrons. The Kier molecular flexibility index (Phi) is 3.44. The minimum atomic E-state index is -0.224. The van der Waals surface area contributed by atoms with Crippen molar-refractivity contribution in [1.82, 2.24) is 4.98 Å². The fraction of sp³-hybridized carbons (Fsp3) is 0.167. The van der Waals surface area contributed by atoms with Gasteiger partial charge in [0.2, 0.25) is 5.91 Å². The number of carbonyl (C=O) groups excluding carboxylic acids is 1. The number of anilines is 1. The van der Waals surface area contributed by atoms with Gasteiger partial charge in [-0.1, -0.05) is 0 Å². The number of hydrogen-bond donors (Lipinski definition) is 1. The van der Waals surface area contributed by atoms with Crippen LogP contribution in [0.5, 0.6) is 0 Å². The molecule has 1 heterocycles. The lowest BCUT2D eigenvalue weighted by atomic mass is 10.1. The molecule has 0 saturated carbocycles. The van der Waals surface area contributed by atoms with Crippen molar-refractivity contribution in [2.24, 2.45) is 0 Å². The van der Waals surface area contributed by atoms with E-state index in [1.165, 1.54) is 6.39 Å². The standard InChI is InChI=1S/C12H11ClN2O2/c1-8-4-9(15-12(16)5-13)2-3-10(8)11-6-14-7-17-11/h2-4,6-7H,5H2,1H3,(H,15,16). The Morgan fingerprint density at radius 3 is 2.94 bits per heavy atom. The Balaban J connectivity index is 2.26.